The number of guanidine groups is 1. The number of thioether (sulfide) groups is 1. The Kier molecular flexibility index (Phi) is 9.53. The Morgan fingerprint density at radius 2 is 2.00 bits per heavy atom. The molecule has 0 saturated carbocycles. The van der Waals surface area contributed by atoms with E-state index in [9.17, 15) is 0 Å². The van der Waals surface area contributed by atoms with E-state index in [1.807, 2.05) is 23.9 Å². The van der Waals surface area contributed by atoms with Crippen LogP contribution in [0.25, 0.3) is 0 Å². The van der Waals surface area contributed by atoms with E-state index in [1.54, 1.807) is 7.11 Å². The van der Waals surface area contributed by atoms with Crippen molar-refractivity contribution in [3.63, 3.8) is 0 Å². The van der Waals surface area contributed by atoms with Crippen LogP contribution in [0.15, 0.2) is 29.3 Å². The second-order valence-electron chi connectivity index (χ2n) is 4.63. The summed E-state index contributed by atoms with van der Waals surface area (Å²) >= 11 is 1.83. The van der Waals surface area contributed by atoms with Crippen LogP contribution in [0.4, 0.5) is 0 Å². The van der Waals surface area contributed by atoms with Gasteiger partial charge in [0.1, 0.15) is 5.75 Å². The minimum Gasteiger partial charge on any atom is -0.497 e. The van der Waals surface area contributed by atoms with Crippen molar-refractivity contribution in [2.75, 3.05) is 38.8 Å². The van der Waals surface area contributed by atoms with Gasteiger partial charge in [-0.05, 0) is 43.7 Å². The molecule has 0 aliphatic carbocycles. The van der Waals surface area contributed by atoms with Gasteiger partial charge < -0.3 is 15.4 Å². The molecule has 0 unspecified atom stereocenters. The fourth-order valence-corrected chi connectivity index (χ4v) is 2.19. The molecule has 0 saturated heterocycles. The second-order valence-corrected chi connectivity index (χ2v) is 5.62. The van der Waals surface area contributed by atoms with E-state index >= 15 is 0 Å². The van der Waals surface area contributed by atoms with E-state index in [1.165, 1.54) is 5.56 Å². The van der Waals surface area contributed by atoms with Crippen LogP contribution in [0.3, 0.4) is 0 Å². The monoisotopic (exact) mass is 309 g/mol. The van der Waals surface area contributed by atoms with E-state index < -0.39 is 0 Å². The third kappa shape index (κ3) is 7.85. The Hall–Kier alpha value is -1.36. The van der Waals surface area contributed by atoms with Crippen molar-refractivity contribution >= 4 is 17.7 Å². The van der Waals surface area contributed by atoms with Gasteiger partial charge in [0.15, 0.2) is 5.96 Å². The summed E-state index contributed by atoms with van der Waals surface area (Å²) in [6.07, 6.45) is 4.20. The summed E-state index contributed by atoms with van der Waals surface area (Å²) in [7, 11) is 1.69. The molecule has 4 nitrogen and oxygen atoms in total. The van der Waals surface area contributed by atoms with E-state index in [-0.39, 0.29) is 0 Å². The molecule has 1 aromatic rings. The lowest BCUT2D eigenvalue weighted by Gasteiger charge is -2.10. The molecule has 0 spiro atoms. The van der Waals surface area contributed by atoms with E-state index in [0.29, 0.717) is 0 Å². The quantitative estimate of drug-likeness (QED) is 0.418. The fourth-order valence-electron chi connectivity index (χ4n) is 1.88. The molecule has 21 heavy (non-hydrogen) atoms. The Morgan fingerprint density at radius 3 is 2.62 bits per heavy atom. The zero-order chi connectivity index (χ0) is 15.3. The first-order valence-corrected chi connectivity index (χ1v) is 8.83. The first-order chi connectivity index (χ1) is 10.3. The average molecular weight is 309 g/mol. The minimum absolute atomic E-state index is 0.834. The summed E-state index contributed by atoms with van der Waals surface area (Å²) in [6.45, 7) is 4.76. The van der Waals surface area contributed by atoms with E-state index in [2.05, 4.69) is 40.9 Å². The topological polar surface area (TPSA) is 45.7 Å². The van der Waals surface area contributed by atoms with Gasteiger partial charge >= 0.3 is 0 Å². The van der Waals surface area contributed by atoms with Crippen molar-refractivity contribution in [3.8, 4) is 5.75 Å². The first kappa shape index (κ1) is 17.7. The van der Waals surface area contributed by atoms with Gasteiger partial charge in [0.05, 0.1) is 7.11 Å². The molecule has 0 bridgehead atoms. The lowest BCUT2D eigenvalue weighted by Crippen LogP contribution is -2.38. The normalized spacial score (nSPS) is 11.3. The molecule has 5 heteroatoms. The molecule has 0 amide bonds. The van der Waals surface area contributed by atoms with Gasteiger partial charge in [-0.2, -0.15) is 11.8 Å². The molecule has 118 valence electrons. The summed E-state index contributed by atoms with van der Waals surface area (Å²) in [5.74, 6) is 2.92. The van der Waals surface area contributed by atoms with Crippen LogP contribution in [0, 0.1) is 0 Å². The molecule has 0 atom stereocenters. The number of aliphatic imine (C=N–C) groups is 1. The predicted molar refractivity (Wildman–Crippen MR) is 93.7 cm³/mol. The average Bonchev–Trinajstić information content (AvgIpc) is 2.52. The van der Waals surface area contributed by atoms with Crippen molar-refractivity contribution in [3.05, 3.63) is 29.8 Å². The van der Waals surface area contributed by atoms with Crippen LogP contribution in [0.2, 0.25) is 0 Å². The van der Waals surface area contributed by atoms with Gasteiger partial charge in [-0.25, -0.2) is 0 Å². The smallest absolute Gasteiger partial charge is 0.191 e. The molecule has 0 fully saturated rings. The Labute approximate surface area is 132 Å². The Bertz CT molecular complexity index is 406. The van der Waals surface area contributed by atoms with Crippen molar-refractivity contribution in [1.82, 2.24) is 10.6 Å². The number of methoxy groups -OCH3 is 1. The number of aryl methyl sites for hydroxylation is 1. The molecule has 0 radical (unpaired) electrons. The van der Waals surface area contributed by atoms with Crippen LogP contribution in [-0.4, -0.2) is 44.7 Å². The van der Waals surface area contributed by atoms with Gasteiger partial charge in [0.2, 0.25) is 0 Å². The fraction of sp³-hybridized carbons (Fsp3) is 0.562. The molecule has 1 rings (SSSR count). The highest BCUT2D eigenvalue weighted by atomic mass is 32.2. The van der Waals surface area contributed by atoms with Gasteiger partial charge in [-0.15, -0.1) is 0 Å². The second kappa shape index (κ2) is 11.3. The zero-order valence-electron chi connectivity index (χ0n) is 13.3. The highest BCUT2D eigenvalue weighted by Gasteiger charge is 1.97. The highest BCUT2D eigenvalue weighted by Crippen LogP contribution is 2.12. The van der Waals surface area contributed by atoms with Crippen LogP contribution < -0.4 is 15.4 Å². The standard InChI is InChI=1S/C16H27N3OS/c1-4-17-16(19-12-13-21-3)18-11-5-6-14-7-9-15(20-2)10-8-14/h7-10H,4-6,11-13H2,1-3H3,(H2,17,18,19). The lowest BCUT2D eigenvalue weighted by molar-refractivity contribution is 0.414. The maximum Gasteiger partial charge on any atom is 0.191 e. The molecule has 1 aromatic carbocycles. The third-order valence-corrected chi connectivity index (χ3v) is 3.61. The van der Waals surface area contributed by atoms with Crippen molar-refractivity contribution in [2.24, 2.45) is 4.99 Å². The number of nitrogens with zero attached hydrogens (tertiary/aromatic N) is 1. The van der Waals surface area contributed by atoms with Crippen LogP contribution in [0.5, 0.6) is 5.75 Å². The maximum atomic E-state index is 5.16. The molecule has 2 N–H and O–H groups in total. The first-order valence-electron chi connectivity index (χ1n) is 7.44. The van der Waals surface area contributed by atoms with Gasteiger partial charge in [0, 0.05) is 25.4 Å². The number of nitrogens with one attached hydrogen (secondary N) is 2. The van der Waals surface area contributed by atoms with Crippen molar-refractivity contribution in [2.45, 2.75) is 19.8 Å². The summed E-state index contributed by atoms with van der Waals surface area (Å²) in [5, 5.41) is 6.61. The van der Waals surface area contributed by atoms with Crippen molar-refractivity contribution in [1.29, 1.82) is 0 Å². The van der Waals surface area contributed by atoms with Crippen LogP contribution in [-0.2, 0) is 6.42 Å². The van der Waals surface area contributed by atoms with Gasteiger partial charge in [-0.3, -0.25) is 4.99 Å². The number of benzene rings is 1. The van der Waals surface area contributed by atoms with Crippen LogP contribution in [0.1, 0.15) is 18.9 Å². The number of rotatable bonds is 9. The highest BCUT2D eigenvalue weighted by molar-refractivity contribution is 7.98. The molecule has 0 aliphatic rings. The van der Waals surface area contributed by atoms with E-state index in [0.717, 1.165) is 49.9 Å². The predicted octanol–water partition coefficient (Wildman–Crippen LogP) is 2.55. The van der Waals surface area contributed by atoms with Crippen LogP contribution >= 0.6 is 11.8 Å². The zero-order valence-corrected chi connectivity index (χ0v) is 14.1. The SMILES string of the molecule is CCNC(=NCCCc1ccc(OC)cc1)NCCSC. The Balaban J connectivity index is 2.31. The summed E-state index contributed by atoms with van der Waals surface area (Å²) in [4.78, 5) is 4.59. The van der Waals surface area contributed by atoms with Crippen molar-refractivity contribution < 1.29 is 4.74 Å². The number of hydrogen-bond donors (Lipinski definition) is 2. The molecule has 0 aromatic heterocycles. The Morgan fingerprint density at radius 1 is 1.24 bits per heavy atom. The maximum absolute atomic E-state index is 5.16. The number of hydrogen-bond acceptors (Lipinski definition) is 3. The van der Waals surface area contributed by atoms with Gasteiger partial charge in [0.25, 0.3) is 0 Å². The minimum atomic E-state index is 0.834. The molecular weight excluding hydrogens is 282 g/mol. The largest absolute Gasteiger partial charge is 0.497 e. The molecular formula is C16H27N3OS. The molecule has 0 heterocycles. The third-order valence-electron chi connectivity index (χ3n) is 3.00. The summed E-state index contributed by atoms with van der Waals surface area (Å²) in [5.41, 5.74) is 1.33. The van der Waals surface area contributed by atoms with E-state index in [4.69, 9.17) is 4.74 Å². The summed E-state index contributed by atoms with van der Waals surface area (Å²) in [6, 6.07) is 8.24. The lowest BCUT2D eigenvalue weighted by atomic mass is 10.1. The number of ether oxygens (including phenoxy) is 1. The summed E-state index contributed by atoms with van der Waals surface area (Å²) < 4.78 is 5.16. The molecule has 0 aliphatic heterocycles. The van der Waals surface area contributed by atoms with Gasteiger partial charge in [-0.1, -0.05) is 12.1 Å².